The molecule has 5 fully saturated rings. The van der Waals surface area contributed by atoms with Gasteiger partial charge in [0.2, 0.25) is 5.91 Å². The van der Waals surface area contributed by atoms with E-state index in [9.17, 15) is 14.7 Å². The highest BCUT2D eigenvalue weighted by atomic mass is 16.7. The molecular weight excluding hydrogens is 583 g/mol. The number of benzene rings is 1. The maximum atomic E-state index is 13.6. The number of hydrogen-bond donors (Lipinski definition) is 4. The minimum Gasteiger partial charge on any atom is -0.496 e. The number of aromatic carboxylic acids is 1. The molecule has 46 heavy (non-hydrogen) atoms. The van der Waals surface area contributed by atoms with E-state index in [1.165, 1.54) is 13.2 Å². The summed E-state index contributed by atoms with van der Waals surface area (Å²) in [5, 5.41) is 20.0. The lowest BCUT2D eigenvalue weighted by molar-refractivity contribution is -0.199. The van der Waals surface area contributed by atoms with Gasteiger partial charge in [0.1, 0.15) is 17.1 Å². The molecule has 7 rings (SSSR count). The number of carboxylic acids is 1. The molecule has 4 unspecified atom stereocenters. The first-order valence-electron chi connectivity index (χ1n) is 17.0. The number of rotatable bonds is 13. The van der Waals surface area contributed by atoms with Crippen LogP contribution in [0.5, 0.6) is 5.75 Å². The van der Waals surface area contributed by atoms with Crippen molar-refractivity contribution >= 4 is 24.8 Å². The fourth-order valence-corrected chi connectivity index (χ4v) is 8.71. The second kappa shape index (κ2) is 13.5. The number of nitrogens with one attached hydrogen (secondary N) is 3. The van der Waals surface area contributed by atoms with E-state index in [0.29, 0.717) is 48.0 Å². The molecule has 5 aliphatic rings. The van der Waals surface area contributed by atoms with Crippen molar-refractivity contribution in [1.29, 1.82) is 0 Å². The zero-order valence-corrected chi connectivity index (χ0v) is 27.6. The minimum atomic E-state index is -1.05. The molecule has 10 nitrogen and oxygen atoms in total. The van der Waals surface area contributed by atoms with Crippen LogP contribution in [0.15, 0.2) is 42.6 Å². The molecule has 1 aromatic heterocycles. The number of ether oxygens (including phenoxy) is 1. The molecule has 0 radical (unpaired) electrons. The van der Waals surface area contributed by atoms with Crippen LogP contribution in [0.25, 0.3) is 0 Å². The lowest BCUT2D eigenvalue weighted by Gasteiger charge is -2.64. The van der Waals surface area contributed by atoms with E-state index >= 15 is 0 Å². The van der Waals surface area contributed by atoms with Gasteiger partial charge in [0.25, 0.3) is 0 Å². The Morgan fingerprint density at radius 1 is 1.09 bits per heavy atom. The molecule has 4 saturated carbocycles. The molecule has 0 spiro atoms. The van der Waals surface area contributed by atoms with Crippen molar-refractivity contribution < 1.29 is 28.7 Å². The van der Waals surface area contributed by atoms with Crippen LogP contribution in [0.4, 0.5) is 5.82 Å². The van der Waals surface area contributed by atoms with E-state index in [-0.39, 0.29) is 23.0 Å². The highest BCUT2D eigenvalue weighted by Crippen LogP contribution is 2.65. The number of carbonyl (C=O) groups excluding carboxylic acids is 1. The van der Waals surface area contributed by atoms with E-state index in [1.54, 1.807) is 12.3 Å². The van der Waals surface area contributed by atoms with Gasteiger partial charge in [-0.3, -0.25) is 4.79 Å². The van der Waals surface area contributed by atoms with Gasteiger partial charge in [0, 0.05) is 31.7 Å². The average Bonchev–Trinajstić information content (AvgIpc) is 3.41. The summed E-state index contributed by atoms with van der Waals surface area (Å²) in [7, 11) is 0.848. The summed E-state index contributed by atoms with van der Waals surface area (Å²) in [5.41, 5.74) is 0.579. The second-order valence-electron chi connectivity index (χ2n) is 14.5. The summed E-state index contributed by atoms with van der Waals surface area (Å²) >= 11 is 0. The lowest BCUT2D eigenvalue weighted by Crippen LogP contribution is -2.65. The topological polar surface area (TPSA) is 131 Å². The number of carboxylic acid groups (broad SMARTS) is 1. The van der Waals surface area contributed by atoms with Crippen molar-refractivity contribution in [3.63, 3.8) is 0 Å². The van der Waals surface area contributed by atoms with Crippen LogP contribution in [0, 0.1) is 23.2 Å². The Labute approximate surface area is 272 Å². The normalized spacial score (nSPS) is 30.1. The number of pyridine rings is 1. The molecule has 2 bridgehead atoms. The third-order valence-electron chi connectivity index (χ3n) is 11.5. The number of carbonyl (C=O) groups is 2. The van der Waals surface area contributed by atoms with E-state index in [1.807, 2.05) is 24.3 Å². The van der Waals surface area contributed by atoms with Crippen LogP contribution in [0.2, 0.25) is 0 Å². The Bertz CT molecular complexity index is 1390. The molecule has 1 amide bonds. The maximum absolute atomic E-state index is 13.6. The van der Waals surface area contributed by atoms with Crippen LogP contribution in [0.1, 0.15) is 81.6 Å². The number of methoxy groups -OCH3 is 1. The third-order valence-corrected chi connectivity index (χ3v) is 11.5. The Hall–Kier alpha value is -3.15. The van der Waals surface area contributed by atoms with Crippen molar-refractivity contribution in [2.75, 3.05) is 25.5 Å². The number of nitrogens with zero attached hydrogens (tertiary/aromatic N) is 1. The van der Waals surface area contributed by atoms with Gasteiger partial charge in [-0.1, -0.05) is 32.0 Å². The quantitative estimate of drug-likeness (QED) is 0.183. The van der Waals surface area contributed by atoms with Gasteiger partial charge in [0.05, 0.1) is 24.8 Å². The summed E-state index contributed by atoms with van der Waals surface area (Å²) in [4.78, 5) is 29.9. The Morgan fingerprint density at radius 2 is 1.89 bits per heavy atom. The largest absolute Gasteiger partial charge is 0.496 e. The predicted octanol–water partition coefficient (Wildman–Crippen LogP) is 4.73. The molecule has 2 aromatic rings. The van der Waals surface area contributed by atoms with Crippen molar-refractivity contribution in [1.82, 2.24) is 15.6 Å². The fourth-order valence-electron chi connectivity index (χ4n) is 8.71. The lowest BCUT2D eigenvalue weighted by atomic mass is 9.43. The van der Waals surface area contributed by atoms with Crippen molar-refractivity contribution in [2.24, 2.45) is 23.2 Å². The molecular formula is C35H49BN4O6. The van der Waals surface area contributed by atoms with Gasteiger partial charge in [-0.05, 0) is 98.8 Å². The highest BCUT2D eigenvalue weighted by Gasteiger charge is 2.68. The molecule has 2 heterocycles. The number of hydrogen-bond acceptors (Lipinski definition) is 8. The molecule has 248 valence electrons. The smallest absolute Gasteiger partial charge is 0.482 e. The SMILES string of the molecule is COc1c(C[C@H](NC(=O)CC2CCC(NCCNc3ccccn3)CC2)B2OC3CC4CC(C4(C)C)C3(C)O2)cccc1C(=O)O. The standard InChI is InChI=1S/C35H49BN4O6/c1-34(2)24-20-27(34)35(3)28(21-24)45-36(46-35)29(19-23-8-7-9-26(33(42)43)32(23)44-4)40-31(41)18-22-11-13-25(14-12-22)37-16-17-39-30-10-5-6-15-38-30/h5-10,15,22,24-25,27-29,37H,11-14,16-21H2,1-4H3,(H,38,39)(H,40,41)(H,42,43)/t22?,24?,25?,27?,28?,29-,35?/m0/s1. The zero-order chi connectivity index (χ0) is 32.5. The molecule has 4 aliphatic carbocycles. The molecule has 1 saturated heterocycles. The average molecular weight is 633 g/mol. The van der Waals surface area contributed by atoms with Crippen LogP contribution in [-0.2, 0) is 20.5 Å². The van der Waals surface area contributed by atoms with E-state index in [0.717, 1.165) is 57.4 Å². The molecule has 4 N–H and O–H groups in total. The fraction of sp³-hybridized carbons (Fsp3) is 0.629. The Balaban J connectivity index is 1.07. The van der Waals surface area contributed by atoms with Gasteiger partial charge >= 0.3 is 13.1 Å². The highest BCUT2D eigenvalue weighted by molar-refractivity contribution is 6.48. The monoisotopic (exact) mass is 632 g/mol. The van der Waals surface area contributed by atoms with Crippen LogP contribution in [0.3, 0.4) is 0 Å². The third kappa shape index (κ3) is 6.64. The Morgan fingerprint density at radius 3 is 2.59 bits per heavy atom. The number of aromatic nitrogens is 1. The molecule has 1 aromatic carbocycles. The van der Waals surface area contributed by atoms with E-state index < -0.39 is 24.6 Å². The van der Waals surface area contributed by atoms with Crippen LogP contribution in [-0.4, -0.2) is 73.0 Å². The van der Waals surface area contributed by atoms with Gasteiger partial charge in [-0.15, -0.1) is 0 Å². The zero-order valence-electron chi connectivity index (χ0n) is 27.6. The molecule has 5 atom stereocenters. The minimum absolute atomic E-state index is 0.0221. The van der Waals surface area contributed by atoms with E-state index in [2.05, 4.69) is 41.7 Å². The summed E-state index contributed by atoms with van der Waals surface area (Å²) in [6.07, 6.45) is 8.69. The second-order valence-corrected chi connectivity index (χ2v) is 14.5. The summed E-state index contributed by atoms with van der Waals surface area (Å²) in [5.74, 6) is 0.942. The van der Waals surface area contributed by atoms with Crippen LogP contribution >= 0.6 is 0 Å². The number of amides is 1. The first-order chi connectivity index (χ1) is 22.1. The van der Waals surface area contributed by atoms with E-state index in [4.69, 9.17) is 14.0 Å². The molecule has 11 heteroatoms. The van der Waals surface area contributed by atoms with Crippen molar-refractivity contribution in [3.05, 3.63) is 53.7 Å². The number of para-hydroxylation sites is 1. The summed E-state index contributed by atoms with van der Waals surface area (Å²) in [6, 6.07) is 11.4. The number of anilines is 1. The first-order valence-corrected chi connectivity index (χ1v) is 17.0. The molecule has 1 aliphatic heterocycles. The van der Waals surface area contributed by atoms with Gasteiger partial charge < -0.3 is 35.1 Å². The van der Waals surface area contributed by atoms with Gasteiger partial charge in [0.15, 0.2) is 0 Å². The van der Waals surface area contributed by atoms with Crippen LogP contribution < -0.4 is 20.7 Å². The van der Waals surface area contributed by atoms with Crippen molar-refractivity contribution in [2.45, 2.75) is 95.8 Å². The summed E-state index contributed by atoms with van der Waals surface area (Å²) in [6.45, 7) is 8.50. The first kappa shape index (κ1) is 32.8. The summed E-state index contributed by atoms with van der Waals surface area (Å²) < 4.78 is 19.0. The maximum Gasteiger partial charge on any atom is 0.482 e. The predicted molar refractivity (Wildman–Crippen MR) is 177 cm³/mol. The van der Waals surface area contributed by atoms with Crippen molar-refractivity contribution in [3.8, 4) is 5.75 Å². The van der Waals surface area contributed by atoms with Gasteiger partial charge in [-0.2, -0.15) is 0 Å². The van der Waals surface area contributed by atoms with Gasteiger partial charge in [-0.25, -0.2) is 9.78 Å². The Kier molecular flexibility index (Phi) is 9.64.